The van der Waals surface area contributed by atoms with E-state index < -0.39 is 0 Å². The molecule has 0 aromatic heterocycles. The van der Waals surface area contributed by atoms with Gasteiger partial charge in [-0.25, -0.2) is 0 Å². The molecule has 1 aromatic rings. The van der Waals surface area contributed by atoms with Crippen molar-refractivity contribution in [2.45, 2.75) is 76.7 Å². The van der Waals surface area contributed by atoms with E-state index in [9.17, 15) is 0 Å². The smallest absolute Gasteiger partial charge is 0.0440 e. The van der Waals surface area contributed by atoms with Gasteiger partial charge < -0.3 is 5.32 Å². The summed E-state index contributed by atoms with van der Waals surface area (Å²) in [5.41, 5.74) is 5.19. The summed E-state index contributed by atoms with van der Waals surface area (Å²) in [6.07, 6.45) is 5.34. The number of hydrogen-bond acceptors (Lipinski definition) is 1. The summed E-state index contributed by atoms with van der Waals surface area (Å²) in [6, 6.07) is 7.08. The number of hydrogen-bond donors (Lipinski definition) is 1. The van der Waals surface area contributed by atoms with Crippen LogP contribution < -0.4 is 5.32 Å². The van der Waals surface area contributed by atoms with Gasteiger partial charge in [0.2, 0.25) is 0 Å². The first-order chi connectivity index (χ1) is 8.76. The third kappa shape index (κ3) is 1.74. The van der Waals surface area contributed by atoms with Crippen molar-refractivity contribution >= 4 is 5.69 Å². The molecule has 1 aliphatic heterocycles. The minimum Gasteiger partial charge on any atom is -0.379 e. The molecule has 0 spiro atoms. The molecule has 0 amide bonds. The number of benzene rings is 1. The predicted molar refractivity (Wildman–Crippen MR) is 83.0 cm³/mol. The Labute approximate surface area is 117 Å². The summed E-state index contributed by atoms with van der Waals surface area (Å²) in [5, 5.41) is 3.83. The van der Waals surface area contributed by atoms with Crippen molar-refractivity contribution in [3.63, 3.8) is 0 Å². The number of nitrogens with one attached hydrogen (secondary N) is 1. The Morgan fingerprint density at radius 2 is 1.74 bits per heavy atom. The fourth-order valence-corrected chi connectivity index (χ4v) is 4.01. The van der Waals surface area contributed by atoms with Gasteiger partial charge in [-0.2, -0.15) is 0 Å². The lowest BCUT2D eigenvalue weighted by Gasteiger charge is -2.45. The predicted octanol–water partition coefficient (Wildman–Crippen LogP) is 5.00. The highest BCUT2D eigenvalue weighted by Gasteiger charge is 2.52. The van der Waals surface area contributed by atoms with Gasteiger partial charge in [0.05, 0.1) is 0 Å². The van der Waals surface area contributed by atoms with Crippen LogP contribution in [0.4, 0.5) is 5.69 Å². The molecule has 1 heterocycles. The Bertz CT molecular complexity index is 511. The molecule has 1 saturated carbocycles. The van der Waals surface area contributed by atoms with Gasteiger partial charge in [0.15, 0.2) is 0 Å². The summed E-state index contributed by atoms with van der Waals surface area (Å²) in [4.78, 5) is 0. The molecule has 104 valence electrons. The highest BCUT2D eigenvalue weighted by Crippen LogP contribution is 2.55. The zero-order valence-electron chi connectivity index (χ0n) is 13.1. The SMILES string of the molecule is CC(C)(C)c1ccc2c(c1)C1(C)CCCCC1(C)N2. The summed E-state index contributed by atoms with van der Waals surface area (Å²) < 4.78 is 0. The molecule has 2 aliphatic rings. The first kappa shape index (κ1) is 13.0. The van der Waals surface area contributed by atoms with Crippen molar-refractivity contribution in [2.24, 2.45) is 0 Å². The van der Waals surface area contributed by atoms with Gasteiger partial charge in [-0.1, -0.05) is 52.7 Å². The minimum atomic E-state index is 0.235. The fourth-order valence-electron chi connectivity index (χ4n) is 4.01. The summed E-state index contributed by atoms with van der Waals surface area (Å²) in [5.74, 6) is 0. The molecule has 19 heavy (non-hydrogen) atoms. The maximum Gasteiger partial charge on any atom is 0.0440 e. The van der Waals surface area contributed by atoms with E-state index in [2.05, 4.69) is 58.1 Å². The molecule has 2 atom stereocenters. The van der Waals surface area contributed by atoms with E-state index in [0.717, 1.165) is 0 Å². The van der Waals surface area contributed by atoms with Crippen LogP contribution in [0.3, 0.4) is 0 Å². The van der Waals surface area contributed by atoms with E-state index in [1.165, 1.54) is 36.9 Å². The van der Waals surface area contributed by atoms with E-state index in [-0.39, 0.29) is 11.0 Å². The highest BCUT2D eigenvalue weighted by atomic mass is 15.0. The molecule has 1 N–H and O–H groups in total. The Morgan fingerprint density at radius 3 is 2.42 bits per heavy atom. The van der Waals surface area contributed by atoms with Crippen LogP contribution in [0, 0.1) is 0 Å². The largest absolute Gasteiger partial charge is 0.379 e. The van der Waals surface area contributed by atoms with E-state index in [1.807, 2.05) is 0 Å². The highest BCUT2D eigenvalue weighted by molar-refractivity contribution is 5.65. The van der Waals surface area contributed by atoms with E-state index in [0.29, 0.717) is 5.41 Å². The second-order valence-corrected chi connectivity index (χ2v) is 8.01. The molecule has 1 fully saturated rings. The van der Waals surface area contributed by atoms with Gasteiger partial charge in [0.25, 0.3) is 0 Å². The number of fused-ring (bicyclic) bond motifs is 3. The van der Waals surface area contributed by atoms with Crippen molar-refractivity contribution in [3.8, 4) is 0 Å². The van der Waals surface area contributed by atoms with Crippen LogP contribution in [0.15, 0.2) is 18.2 Å². The zero-order valence-corrected chi connectivity index (χ0v) is 13.1. The van der Waals surface area contributed by atoms with Crippen molar-refractivity contribution in [1.29, 1.82) is 0 Å². The van der Waals surface area contributed by atoms with Crippen LogP contribution in [-0.4, -0.2) is 5.54 Å². The van der Waals surface area contributed by atoms with E-state index >= 15 is 0 Å². The van der Waals surface area contributed by atoms with Crippen LogP contribution in [0.25, 0.3) is 0 Å². The Balaban J connectivity index is 2.13. The summed E-state index contributed by atoms with van der Waals surface area (Å²) >= 11 is 0. The molecule has 1 heteroatoms. The molecule has 1 aliphatic carbocycles. The Hall–Kier alpha value is -0.980. The van der Waals surface area contributed by atoms with Gasteiger partial charge in [-0.05, 0) is 42.4 Å². The molecule has 0 saturated heterocycles. The van der Waals surface area contributed by atoms with Gasteiger partial charge in [0.1, 0.15) is 0 Å². The van der Waals surface area contributed by atoms with E-state index in [1.54, 1.807) is 5.56 Å². The second-order valence-electron chi connectivity index (χ2n) is 8.01. The first-order valence-corrected chi connectivity index (χ1v) is 7.70. The van der Waals surface area contributed by atoms with Crippen molar-refractivity contribution < 1.29 is 0 Å². The molecule has 2 unspecified atom stereocenters. The maximum absolute atomic E-state index is 3.83. The quantitative estimate of drug-likeness (QED) is 0.689. The minimum absolute atomic E-state index is 0.235. The van der Waals surface area contributed by atoms with Crippen LogP contribution >= 0.6 is 0 Å². The monoisotopic (exact) mass is 257 g/mol. The van der Waals surface area contributed by atoms with Gasteiger partial charge >= 0.3 is 0 Å². The standard InChI is InChI=1S/C18H27N/c1-16(2,3)13-8-9-15-14(12-13)17(4)10-6-7-11-18(17,5)19-15/h8-9,12,19H,6-7,10-11H2,1-5H3. The molecular formula is C18H27N. The van der Waals surface area contributed by atoms with Crippen molar-refractivity contribution in [2.75, 3.05) is 5.32 Å². The second kappa shape index (κ2) is 3.77. The molecule has 0 radical (unpaired) electrons. The third-order valence-corrected chi connectivity index (χ3v) is 5.71. The first-order valence-electron chi connectivity index (χ1n) is 7.70. The summed E-state index contributed by atoms with van der Waals surface area (Å²) in [6.45, 7) is 11.8. The molecular weight excluding hydrogens is 230 g/mol. The van der Waals surface area contributed by atoms with Crippen molar-refractivity contribution in [1.82, 2.24) is 0 Å². The molecule has 1 aromatic carbocycles. The number of anilines is 1. The molecule has 1 nitrogen and oxygen atoms in total. The maximum atomic E-state index is 3.83. The number of rotatable bonds is 0. The fraction of sp³-hybridized carbons (Fsp3) is 0.667. The zero-order chi connectivity index (χ0) is 13.9. The van der Waals surface area contributed by atoms with Gasteiger partial charge in [-0.15, -0.1) is 0 Å². The van der Waals surface area contributed by atoms with E-state index in [4.69, 9.17) is 0 Å². The molecule has 0 bridgehead atoms. The van der Waals surface area contributed by atoms with Crippen LogP contribution in [0.5, 0.6) is 0 Å². The lowest BCUT2D eigenvalue weighted by molar-refractivity contribution is 0.214. The topological polar surface area (TPSA) is 12.0 Å². The average molecular weight is 257 g/mol. The van der Waals surface area contributed by atoms with Crippen LogP contribution in [0.1, 0.15) is 71.4 Å². The summed E-state index contributed by atoms with van der Waals surface area (Å²) in [7, 11) is 0. The lowest BCUT2D eigenvalue weighted by atomic mass is 9.61. The van der Waals surface area contributed by atoms with Crippen molar-refractivity contribution in [3.05, 3.63) is 29.3 Å². The Kier molecular flexibility index (Phi) is 2.59. The lowest BCUT2D eigenvalue weighted by Crippen LogP contribution is -2.50. The average Bonchev–Trinajstić information content (AvgIpc) is 2.55. The Morgan fingerprint density at radius 1 is 1.05 bits per heavy atom. The van der Waals surface area contributed by atoms with Gasteiger partial charge in [0, 0.05) is 16.6 Å². The third-order valence-electron chi connectivity index (χ3n) is 5.71. The van der Waals surface area contributed by atoms with Crippen LogP contribution in [-0.2, 0) is 10.8 Å². The molecule has 3 rings (SSSR count). The van der Waals surface area contributed by atoms with Gasteiger partial charge in [-0.3, -0.25) is 0 Å². The van der Waals surface area contributed by atoms with Crippen LogP contribution in [0.2, 0.25) is 0 Å². The normalized spacial score (nSPS) is 33.5.